The summed E-state index contributed by atoms with van der Waals surface area (Å²) in [5.41, 5.74) is 0. The average molecular weight is 464 g/mol. The summed E-state index contributed by atoms with van der Waals surface area (Å²) in [6.07, 6.45) is 5.45. The van der Waals surface area contributed by atoms with Crippen molar-refractivity contribution in [1.29, 1.82) is 0 Å². The first-order valence-electron chi connectivity index (χ1n) is 7.79. The number of halogens is 1. The van der Waals surface area contributed by atoms with Crippen LogP contribution < -0.4 is 10.6 Å². The van der Waals surface area contributed by atoms with E-state index in [2.05, 4.69) is 27.5 Å². The fraction of sp³-hybridized carbons (Fsp3) is 0.500. The largest absolute Gasteiger partial charge is 0.469 e. The summed E-state index contributed by atoms with van der Waals surface area (Å²) >= 11 is 1.71. The van der Waals surface area contributed by atoms with Gasteiger partial charge in [-0.05, 0) is 18.6 Å². The summed E-state index contributed by atoms with van der Waals surface area (Å²) < 4.78 is 10.4. The van der Waals surface area contributed by atoms with Crippen molar-refractivity contribution in [3.8, 4) is 0 Å². The molecule has 0 aliphatic carbocycles. The molecule has 0 unspecified atom stereocenters. The number of nitrogens with zero attached hydrogens (tertiary/aromatic N) is 2. The third-order valence-corrected chi connectivity index (χ3v) is 4.29. The van der Waals surface area contributed by atoms with Gasteiger partial charge in [-0.15, -0.1) is 35.3 Å². The van der Waals surface area contributed by atoms with Crippen molar-refractivity contribution in [2.45, 2.75) is 26.3 Å². The molecule has 0 fully saturated rings. The van der Waals surface area contributed by atoms with E-state index in [4.69, 9.17) is 9.15 Å². The highest BCUT2D eigenvalue weighted by atomic mass is 127. The van der Waals surface area contributed by atoms with Crippen LogP contribution in [0, 0.1) is 0 Å². The van der Waals surface area contributed by atoms with E-state index in [1.165, 1.54) is 4.88 Å². The number of methoxy groups -OCH3 is 1. The molecular weight excluding hydrogens is 439 g/mol. The molecule has 0 saturated heterocycles. The minimum absolute atomic E-state index is 0. The second-order valence-electron chi connectivity index (χ2n) is 4.91. The SMILES string of the molecule is CCc1cnc(CN=C(NCCOC)NCCc2ccco2)s1.I. The maximum Gasteiger partial charge on any atom is 0.191 e. The van der Waals surface area contributed by atoms with Gasteiger partial charge in [-0.2, -0.15) is 0 Å². The fourth-order valence-corrected chi connectivity index (χ4v) is 2.72. The lowest BCUT2D eigenvalue weighted by atomic mass is 10.3. The van der Waals surface area contributed by atoms with Gasteiger partial charge in [-0.25, -0.2) is 9.98 Å². The molecule has 0 aromatic carbocycles. The smallest absolute Gasteiger partial charge is 0.191 e. The van der Waals surface area contributed by atoms with Crippen molar-refractivity contribution in [2.75, 3.05) is 26.8 Å². The number of hydrogen-bond donors (Lipinski definition) is 2. The van der Waals surface area contributed by atoms with Gasteiger partial charge in [0.05, 0.1) is 19.4 Å². The lowest BCUT2D eigenvalue weighted by Crippen LogP contribution is -2.40. The quantitative estimate of drug-likeness (QED) is 0.259. The third kappa shape index (κ3) is 7.63. The van der Waals surface area contributed by atoms with Crippen LogP contribution in [0.3, 0.4) is 0 Å². The van der Waals surface area contributed by atoms with Gasteiger partial charge in [0.1, 0.15) is 10.8 Å². The normalized spacial score (nSPS) is 11.2. The maximum atomic E-state index is 5.33. The maximum absolute atomic E-state index is 5.33. The molecule has 0 spiro atoms. The molecule has 2 rings (SSSR count). The molecule has 134 valence electrons. The predicted molar refractivity (Wildman–Crippen MR) is 108 cm³/mol. The number of aryl methyl sites for hydroxylation is 1. The zero-order valence-corrected chi connectivity index (χ0v) is 17.2. The number of hydrogen-bond acceptors (Lipinski definition) is 5. The van der Waals surface area contributed by atoms with Gasteiger partial charge in [0, 0.05) is 37.7 Å². The Kier molecular flexibility index (Phi) is 10.7. The fourth-order valence-electron chi connectivity index (χ4n) is 1.94. The molecular formula is C16H25IN4O2S. The van der Waals surface area contributed by atoms with Gasteiger partial charge in [-0.1, -0.05) is 6.92 Å². The van der Waals surface area contributed by atoms with Crippen molar-refractivity contribution in [3.63, 3.8) is 0 Å². The third-order valence-electron chi connectivity index (χ3n) is 3.16. The van der Waals surface area contributed by atoms with Crippen molar-refractivity contribution in [1.82, 2.24) is 15.6 Å². The van der Waals surface area contributed by atoms with Crippen LogP contribution in [0.2, 0.25) is 0 Å². The van der Waals surface area contributed by atoms with Crippen LogP contribution in [0.15, 0.2) is 34.0 Å². The Labute approximate surface area is 164 Å². The van der Waals surface area contributed by atoms with Gasteiger partial charge in [0.2, 0.25) is 0 Å². The second-order valence-corrected chi connectivity index (χ2v) is 6.11. The van der Waals surface area contributed by atoms with E-state index < -0.39 is 0 Å². The highest BCUT2D eigenvalue weighted by molar-refractivity contribution is 14.0. The standard InChI is InChI=1S/C16H24N4O2S.HI/c1-3-14-11-19-15(23-14)12-20-16(18-8-10-21-2)17-7-6-13-5-4-9-22-13;/h4-5,9,11H,3,6-8,10,12H2,1-2H3,(H2,17,18,20);1H. The number of guanidine groups is 1. The van der Waals surface area contributed by atoms with Crippen LogP contribution in [-0.4, -0.2) is 37.7 Å². The zero-order chi connectivity index (χ0) is 16.3. The molecule has 0 aliphatic rings. The Morgan fingerprint density at radius 3 is 2.88 bits per heavy atom. The molecule has 2 aromatic rings. The lowest BCUT2D eigenvalue weighted by Gasteiger charge is -2.11. The Morgan fingerprint density at radius 1 is 1.38 bits per heavy atom. The highest BCUT2D eigenvalue weighted by Gasteiger charge is 2.03. The number of aliphatic imine (C=N–C) groups is 1. The van der Waals surface area contributed by atoms with E-state index in [0.29, 0.717) is 19.7 Å². The molecule has 0 amide bonds. The molecule has 2 heterocycles. The van der Waals surface area contributed by atoms with E-state index in [-0.39, 0.29) is 24.0 Å². The zero-order valence-electron chi connectivity index (χ0n) is 14.1. The molecule has 8 heteroatoms. The molecule has 24 heavy (non-hydrogen) atoms. The van der Waals surface area contributed by atoms with Crippen molar-refractivity contribution < 1.29 is 9.15 Å². The second kappa shape index (κ2) is 12.3. The summed E-state index contributed by atoms with van der Waals surface area (Å²) in [5, 5.41) is 7.59. The summed E-state index contributed by atoms with van der Waals surface area (Å²) in [4.78, 5) is 10.3. The Morgan fingerprint density at radius 2 is 2.21 bits per heavy atom. The van der Waals surface area contributed by atoms with Crippen molar-refractivity contribution in [2.24, 2.45) is 4.99 Å². The number of thiazole rings is 1. The molecule has 0 saturated carbocycles. The number of aromatic nitrogens is 1. The minimum Gasteiger partial charge on any atom is -0.469 e. The number of ether oxygens (including phenoxy) is 1. The average Bonchev–Trinajstić information content (AvgIpc) is 3.23. The number of furan rings is 1. The number of nitrogens with one attached hydrogen (secondary N) is 2. The lowest BCUT2D eigenvalue weighted by molar-refractivity contribution is 0.203. The Bertz CT molecular complexity index is 587. The van der Waals surface area contributed by atoms with Crippen molar-refractivity contribution in [3.05, 3.63) is 40.2 Å². The summed E-state index contributed by atoms with van der Waals surface area (Å²) in [7, 11) is 1.69. The monoisotopic (exact) mass is 464 g/mol. The predicted octanol–water partition coefficient (Wildman–Crippen LogP) is 2.84. The first-order chi connectivity index (χ1) is 11.3. The Hall–Kier alpha value is -1.13. The molecule has 0 aliphatic heterocycles. The van der Waals surface area contributed by atoms with Crippen LogP contribution in [0.25, 0.3) is 0 Å². The van der Waals surface area contributed by atoms with Gasteiger partial charge in [0.15, 0.2) is 5.96 Å². The molecule has 2 N–H and O–H groups in total. The van der Waals surface area contributed by atoms with Crippen LogP contribution in [-0.2, 0) is 24.1 Å². The van der Waals surface area contributed by atoms with E-state index in [1.54, 1.807) is 24.7 Å². The molecule has 0 radical (unpaired) electrons. The van der Waals surface area contributed by atoms with Crippen LogP contribution in [0.4, 0.5) is 0 Å². The van der Waals surface area contributed by atoms with E-state index in [9.17, 15) is 0 Å². The van der Waals surface area contributed by atoms with Crippen LogP contribution >= 0.6 is 35.3 Å². The first-order valence-corrected chi connectivity index (χ1v) is 8.60. The summed E-state index contributed by atoms with van der Waals surface area (Å²) in [5.74, 6) is 1.73. The van der Waals surface area contributed by atoms with E-state index >= 15 is 0 Å². The molecule has 6 nitrogen and oxygen atoms in total. The Balaban J connectivity index is 0.00000288. The van der Waals surface area contributed by atoms with Gasteiger partial charge < -0.3 is 19.8 Å². The first kappa shape index (κ1) is 20.9. The molecule has 2 aromatic heterocycles. The van der Waals surface area contributed by atoms with Gasteiger partial charge in [-0.3, -0.25) is 0 Å². The summed E-state index contributed by atoms with van der Waals surface area (Å²) in [6.45, 7) is 4.81. The molecule has 0 bridgehead atoms. The summed E-state index contributed by atoms with van der Waals surface area (Å²) in [6, 6.07) is 3.87. The topological polar surface area (TPSA) is 71.7 Å². The van der Waals surface area contributed by atoms with Crippen LogP contribution in [0.1, 0.15) is 22.6 Å². The van der Waals surface area contributed by atoms with Gasteiger partial charge in [0.25, 0.3) is 0 Å². The number of rotatable bonds is 9. The van der Waals surface area contributed by atoms with Crippen LogP contribution in [0.5, 0.6) is 0 Å². The minimum atomic E-state index is 0. The van der Waals surface area contributed by atoms with E-state index in [1.807, 2.05) is 18.3 Å². The highest BCUT2D eigenvalue weighted by Crippen LogP contribution is 2.13. The van der Waals surface area contributed by atoms with Crippen molar-refractivity contribution >= 4 is 41.3 Å². The van der Waals surface area contributed by atoms with Gasteiger partial charge >= 0.3 is 0 Å². The van der Waals surface area contributed by atoms with E-state index in [0.717, 1.165) is 36.1 Å². The molecule has 0 atom stereocenters.